The van der Waals surface area contributed by atoms with Gasteiger partial charge in [-0.25, -0.2) is 4.98 Å². The molecule has 3 rings (SSSR count). The van der Waals surface area contributed by atoms with E-state index in [0.717, 1.165) is 18.5 Å². The third-order valence-electron chi connectivity index (χ3n) is 3.63. The van der Waals surface area contributed by atoms with Gasteiger partial charge in [-0.05, 0) is 37.5 Å². The molecule has 1 aromatic carbocycles. The van der Waals surface area contributed by atoms with Crippen LogP contribution in [-0.4, -0.2) is 16.5 Å². The van der Waals surface area contributed by atoms with Gasteiger partial charge in [-0.1, -0.05) is 29.3 Å². The van der Waals surface area contributed by atoms with E-state index in [-0.39, 0.29) is 10.8 Å². The molecule has 2 heterocycles. The summed E-state index contributed by atoms with van der Waals surface area (Å²) in [6, 6.07) is 8.98. The van der Waals surface area contributed by atoms with E-state index in [1.807, 2.05) is 24.0 Å². The van der Waals surface area contributed by atoms with Gasteiger partial charge in [0.25, 0.3) is 0 Å². The predicted molar refractivity (Wildman–Crippen MR) is 82.4 cm³/mol. The molecule has 0 saturated carbocycles. The van der Waals surface area contributed by atoms with Crippen molar-refractivity contribution in [2.75, 3.05) is 11.4 Å². The maximum Gasteiger partial charge on any atom is 0.312 e. The summed E-state index contributed by atoms with van der Waals surface area (Å²) in [7, 11) is 0. The molecule has 108 valence electrons. The second-order valence-corrected chi connectivity index (χ2v) is 5.51. The average Bonchev–Trinajstić information content (AvgIpc) is 2.45. The standard InChI is InChI=1S/C15H14ClN3O2/c1-10-4-5-12-11(9-10)3-2-8-18(12)15-13(19(20)21)6-7-14(16)17-15/h4-7,9H,2-3,8H2,1H3. The number of benzene rings is 1. The lowest BCUT2D eigenvalue weighted by Crippen LogP contribution is -2.26. The minimum atomic E-state index is -0.416. The van der Waals surface area contributed by atoms with Crippen molar-refractivity contribution in [1.29, 1.82) is 0 Å². The molecule has 1 aromatic heterocycles. The molecule has 0 N–H and O–H groups in total. The van der Waals surface area contributed by atoms with Gasteiger partial charge in [-0.3, -0.25) is 10.1 Å². The number of aromatic nitrogens is 1. The molecule has 0 bridgehead atoms. The minimum Gasteiger partial charge on any atom is -0.320 e. The van der Waals surface area contributed by atoms with Crippen LogP contribution < -0.4 is 4.90 Å². The average molecular weight is 304 g/mol. The largest absolute Gasteiger partial charge is 0.320 e. The molecule has 0 amide bonds. The number of rotatable bonds is 2. The Hall–Kier alpha value is -2.14. The van der Waals surface area contributed by atoms with Gasteiger partial charge < -0.3 is 4.90 Å². The minimum absolute atomic E-state index is 0.0205. The zero-order chi connectivity index (χ0) is 15.0. The quantitative estimate of drug-likeness (QED) is 0.477. The molecule has 0 spiro atoms. The van der Waals surface area contributed by atoms with Gasteiger partial charge in [-0.15, -0.1) is 0 Å². The topological polar surface area (TPSA) is 59.3 Å². The number of hydrogen-bond acceptors (Lipinski definition) is 4. The number of hydrogen-bond donors (Lipinski definition) is 0. The summed E-state index contributed by atoms with van der Waals surface area (Å²) in [6.07, 6.45) is 1.91. The van der Waals surface area contributed by atoms with Crippen LogP contribution in [0.5, 0.6) is 0 Å². The fourth-order valence-electron chi connectivity index (χ4n) is 2.71. The molecule has 0 atom stereocenters. The van der Waals surface area contributed by atoms with Crippen LogP contribution in [0.1, 0.15) is 17.5 Å². The first kappa shape index (κ1) is 13.8. The molecule has 0 unspecified atom stereocenters. The van der Waals surface area contributed by atoms with Crippen LogP contribution in [0.15, 0.2) is 30.3 Å². The maximum atomic E-state index is 11.2. The molecule has 1 aliphatic rings. The van der Waals surface area contributed by atoms with E-state index < -0.39 is 4.92 Å². The smallest absolute Gasteiger partial charge is 0.312 e. The van der Waals surface area contributed by atoms with Crippen LogP contribution in [0.3, 0.4) is 0 Å². The highest BCUT2D eigenvalue weighted by molar-refractivity contribution is 6.29. The molecule has 6 heteroatoms. The molecule has 21 heavy (non-hydrogen) atoms. The van der Waals surface area contributed by atoms with Crippen molar-refractivity contribution in [3.05, 3.63) is 56.7 Å². The SMILES string of the molecule is Cc1ccc2c(c1)CCCN2c1nc(Cl)ccc1[N+](=O)[O-]. The highest BCUT2D eigenvalue weighted by atomic mass is 35.5. The van der Waals surface area contributed by atoms with Gasteiger partial charge in [-0.2, -0.15) is 0 Å². The van der Waals surface area contributed by atoms with E-state index in [9.17, 15) is 10.1 Å². The molecule has 0 saturated heterocycles. The van der Waals surface area contributed by atoms with E-state index in [2.05, 4.69) is 11.1 Å². The fraction of sp³-hybridized carbons (Fsp3) is 0.267. The summed E-state index contributed by atoms with van der Waals surface area (Å²) in [4.78, 5) is 16.9. The van der Waals surface area contributed by atoms with Crippen LogP contribution >= 0.6 is 11.6 Å². The Kier molecular flexibility index (Phi) is 3.51. The Morgan fingerprint density at radius 3 is 2.90 bits per heavy atom. The first-order valence-corrected chi connectivity index (χ1v) is 7.12. The Morgan fingerprint density at radius 2 is 2.14 bits per heavy atom. The number of nitro groups is 1. The van der Waals surface area contributed by atoms with Gasteiger partial charge in [0.05, 0.1) is 4.92 Å². The zero-order valence-electron chi connectivity index (χ0n) is 11.5. The first-order valence-electron chi connectivity index (χ1n) is 6.74. The van der Waals surface area contributed by atoms with Crippen LogP contribution in [0.4, 0.5) is 17.2 Å². The van der Waals surface area contributed by atoms with Gasteiger partial charge >= 0.3 is 5.69 Å². The normalized spacial score (nSPS) is 13.9. The Labute approximate surface area is 127 Å². The highest BCUT2D eigenvalue weighted by Gasteiger charge is 2.26. The van der Waals surface area contributed by atoms with Gasteiger partial charge in [0.1, 0.15) is 5.15 Å². The summed E-state index contributed by atoms with van der Waals surface area (Å²) in [5, 5.41) is 11.5. The molecule has 5 nitrogen and oxygen atoms in total. The van der Waals surface area contributed by atoms with Crippen molar-refractivity contribution < 1.29 is 4.92 Å². The van der Waals surface area contributed by atoms with Crippen molar-refractivity contribution in [2.24, 2.45) is 0 Å². The third kappa shape index (κ3) is 2.56. The zero-order valence-corrected chi connectivity index (χ0v) is 12.3. The molecular formula is C15H14ClN3O2. The number of pyridine rings is 1. The molecule has 0 fully saturated rings. The third-order valence-corrected chi connectivity index (χ3v) is 3.84. The Morgan fingerprint density at radius 1 is 1.33 bits per heavy atom. The Bertz CT molecular complexity index is 718. The monoisotopic (exact) mass is 303 g/mol. The van der Waals surface area contributed by atoms with Crippen molar-refractivity contribution in [2.45, 2.75) is 19.8 Å². The number of aryl methyl sites for hydroxylation is 2. The summed E-state index contributed by atoms with van der Waals surface area (Å²) in [6.45, 7) is 2.74. The molecule has 1 aliphatic heterocycles. The Balaban J connectivity index is 2.15. The van der Waals surface area contributed by atoms with Crippen LogP contribution in [0.2, 0.25) is 5.15 Å². The summed E-state index contributed by atoms with van der Waals surface area (Å²) in [5.74, 6) is 0.317. The van der Waals surface area contributed by atoms with Gasteiger partial charge in [0, 0.05) is 18.3 Å². The van der Waals surface area contributed by atoms with E-state index in [1.165, 1.54) is 23.3 Å². The van der Waals surface area contributed by atoms with Crippen LogP contribution in [-0.2, 0) is 6.42 Å². The summed E-state index contributed by atoms with van der Waals surface area (Å²) < 4.78 is 0. The number of fused-ring (bicyclic) bond motifs is 1. The molecule has 0 radical (unpaired) electrons. The highest BCUT2D eigenvalue weighted by Crippen LogP contribution is 2.37. The number of nitrogens with zero attached hydrogens (tertiary/aromatic N) is 3. The van der Waals surface area contributed by atoms with E-state index in [0.29, 0.717) is 12.4 Å². The summed E-state index contributed by atoms with van der Waals surface area (Å²) >= 11 is 5.93. The second kappa shape index (κ2) is 5.33. The number of anilines is 2. The van der Waals surface area contributed by atoms with Gasteiger partial charge in [0.2, 0.25) is 5.82 Å². The van der Waals surface area contributed by atoms with E-state index in [4.69, 9.17) is 11.6 Å². The van der Waals surface area contributed by atoms with E-state index in [1.54, 1.807) is 0 Å². The molecule has 2 aromatic rings. The first-order chi connectivity index (χ1) is 10.1. The van der Waals surface area contributed by atoms with Crippen molar-refractivity contribution >= 4 is 28.8 Å². The lowest BCUT2D eigenvalue weighted by atomic mass is 9.99. The van der Waals surface area contributed by atoms with Crippen molar-refractivity contribution in [1.82, 2.24) is 4.98 Å². The van der Waals surface area contributed by atoms with Gasteiger partial charge in [0.15, 0.2) is 0 Å². The molecular weight excluding hydrogens is 290 g/mol. The fourth-order valence-corrected chi connectivity index (χ4v) is 2.85. The predicted octanol–water partition coefficient (Wildman–Crippen LogP) is 4.04. The van der Waals surface area contributed by atoms with Crippen molar-refractivity contribution in [3.63, 3.8) is 0 Å². The maximum absolute atomic E-state index is 11.2. The lowest BCUT2D eigenvalue weighted by molar-refractivity contribution is -0.384. The van der Waals surface area contributed by atoms with Crippen LogP contribution in [0.25, 0.3) is 0 Å². The second-order valence-electron chi connectivity index (χ2n) is 5.12. The molecule has 0 aliphatic carbocycles. The lowest BCUT2D eigenvalue weighted by Gasteiger charge is -2.30. The van der Waals surface area contributed by atoms with Crippen LogP contribution in [0, 0.1) is 17.0 Å². The van der Waals surface area contributed by atoms with E-state index >= 15 is 0 Å². The number of halogens is 1. The van der Waals surface area contributed by atoms with Crippen molar-refractivity contribution in [3.8, 4) is 0 Å². The summed E-state index contributed by atoms with van der Waals surface area (Å²) in [5.41, 5.74) is 3.33.